The predicted octanol–water partition coefficient (Wildman–Crippen LogP) is 1.47. The number of halogens is 1. The molecule has 0 saturated carbocycles. The lowest BCUT2D eigenvalue weighted by atomic mass is 10.1. The Morgan fingerprint density at radius 2 is 1.94 bits per heavy atom. The average molecular weight is 274 g/mol. The van der Waals surface area contributed by atoms with Gasteiger partial charge in [0.2, 0.25) is 0 Å². The van der Waals surface area contributed by atoms with E-state index in [1.54, 1.807) is 0 Å². The number of phenols is 2. The number of amides is 1. The first-order chi connectivity index (χ1) is 8.66. The van der Waals surface area contributed by atoms with Gasteiger partial charge in [-0.05, 0) is 18.6 Å². The highest BCUT2D eigenvalue weighted by Gasteiger charge is 2.14. The van der Waals surface area contributed by atoms with Gasteiger partial charge in [-0.2, -0.15) is 0 Å². The molecule has 6 heteroatoms. The Morgan fingerprint density at radius 3 is 2.56 bits per heavy atom. The van der Waals surface area contributed by atoms with Crippen LogP contribution in [0.25, 0.3) is 0 Å². The van der Waals surface area contributed by atoms with E-state index < -0.39 is 5.91 Å². The summed E-state index contributed by atoms with van der Waals surface area (Å²) in [6.45, 7) is 1.38. The zero-order valence-electron chi connectivity index (χ0n) is 9.86. The number of hydrogen-bond donors (Lipinski definition) is 3. The van der Waals surface area contributed by atoms with Crippen molar-refractivity contribution in [2.45, 2.75) is 6.42 Å². The van der Waals surface area contributed by atoms with Crippen LogP contribution in [-0.4, -0.2) is 41.8 Å². The van der Waals surface area contributed by atoms with Gasteiger partial charge in [0.25, 0.3) is 5.91 Å². The molecule has 0 unspecified atom stereocenters. The maximum absolute atomic E-state index is 11.7. The molecule has 5 nitrogen and oxygen atoms in total. The summed E-state index contributed by atoms with van der Waals surface area (Å²) < 4.78 is 5.14. The van der Waals surface area contributed by atoms with Crippen molar-refractivity contribution < 1.29 is 19.7 Å². The van der Waals surface area contributed by atoms with E-state index in [-0.39, 0.29) is 17.1 Å². The van der Waals surface area contributed by atoms with Crippen molar-refractivity contribution in [2.75, 3.05) is 25.6 Å². The number of carbonyl (C=O) groups excluding carboxylic acids is 1. The number of hydrogen-bond acceptors (Lipinski definition) is 4. The number of aromatic hydroxyl groups is 2. The van der Waals surface area contributed by atoms with Crippen LogP contribution in [0.15, 0.2) is 18.2 Å². The zero-order valence-corrected chi connectivity index (χ0v) is 10.6. The van der Waals surface area contributed by atoms with Crippen LogP contribution in [0.5, 0.6) is 11.5 Å². The summed E-state index contributed by atoms with van der Waals surface area (Å²) in [6.07, 6.45) is 0.636. The van der Waals surface area contributed by atoms with E-state index in [1.807, 2.05) is 0 Å². The van der Waals surface area contributed by atoms with Gasteiger partial charge in [-0.25, -0.2) is 0 Å². The molecule has 1 aromatic carbocycles. The minimum atomic E-state index is -0.511. The Labute approximate surface area is 110 Å². The van der Waals surface area contributed by atoms with Crippen LogP contribution in [0.3, 0.4) is 0 Å². The molecular formula is C12H16ClNO4. The number of rotatable bonds is 7. The first-order valence-corrected chi connectivity index (χ1v) is 6.13. The maximum Gasteiger partial charge on any atom is 0.258 e. The van der Waals surface area contributed by atoms with Gasteiger partial charge >= 0.3 is 0 Å². The van der Waals surface area contributed by atoms with E-state index in [0.717, 1.165) is 0 Å². The first-order valence-electron chi connectivity index (χ1n) is 5.59. The number of alkyl halides is 1. The lowest BCUT2D eigenvalue weighted by Crippen LogP contribution is -2.25. The molecule has 0 aliphatic rings. The van der Waals surface area contributed by atoms with Gasteiger partial charge in [-0.1, -0.05) is 6.07 Å². The fourth-order valence-electron chi connectivity index (χ4n) is 1.38. The van der Waals surface area contributed by atoms with Gasteiger partial charge in [0.05, 0.1) is 6.61 Å². The molecule has 0 aromatic heterocycles. The second-order valence-corrected chi connectivity index (χ2v) is 3.96. The van der Waals surface area contributed by atoms with E-state index >= 15 is 0 Å². The smallest absolute Gasteiger partial charge is 0.258 e. The predicted molar refractivity (Wildman–Crippen MR) is 68.3 cm³/mol. The molecule has 0 aliphatic carbocycles. The Bertz CT molecular complexity index is 377. The molecule has 18 heavy (non-hydrogen) atoms. The fraction of sp³-hybridized carbons (Fsp3) is 0.417. The van der Waals surface area contributed by atoms with Crippen molar-refractivity contribution in [3.05, 3.63) is 23.8 Å². The molecule has 0 spiro atoms. The number of phenolic OH excluding ortho intramolecular Hbond substituents is 2. The molecule has 1 rings (SSSR count). The van der Waals surface area contributed by atoms with Gasteiger partial charge in [-0.3, -0.25) is 4.79 Å². The van der Waals surface area contributed by atoms with Crippen molar-refractivity contribution in [3.63, 3.8) is 0 Å². The number of carbonyl (C=O) groups is 1. The van der Waals surface area contributed by atoms with Gasteiger partial charge in [0, 0.05) is 19.0 Å². The molecular weight excluding hydrogens is 258 g/mol. The lowest BCUT2D eigenvalue weighted by molar-refractivity contribution is 0.0939. The molecule has 0 atom stereocenters. The van der Waals surface area contributed by atoms with Gasteiger partial charge in [-0.15, -0.1) is 11.6 Å². The second kappa shape index (κ2) is 7.79. The van der Waals surface area contributed by atoms with Crippen molar-refractivity contribution in [1.82, 2.24) is 5.32 Å². The van der Waals surface area contributed by atoms with Crippen LogP contribution < -0.4 is 5.32 Å². The van der Waals surface area contributed by atoms with Crippen LogP contribution in [0, 0.1) is 0 Å². The minimum Gasteiger partial charge on any atom is -0.507 e. The topological polar surface area (TPSA) is 78.8 Å². The van der Waals surface area contributed by atoms with E-state index in [2.05, 4.69) is 5.32 Å². The van der Waals surface area contributed by atoms with Crippen LogP contribution in [0.1, 0.15) is 16.8 Å². The quantitative estimate of drug-likeness (QED) is 0.519. The average Bonchev–Trinajstić information content (AvgIpc) is 2.33. The minimum absolute atomic E-state index is 0.112. The summed E-state index contributed by atoms with van der Waals surface area (Å²) in [5.74, 6) is -0.558. The van der Waals surface area contributed by atoms with Crippen molar-refractivity contribution in [2.24, 2.45) is 0 Å². The highest BCUT2D eigenvalue weighted by Crippen LogP contribution is 2.25. The monoisotopic (exact) mass is 273 g/mol. The Morgan fingerprint density at radius 1 is 1.28 bits per heavy atom. The molecule has 1 aromatic rings. The third kappa shape index (κ3) is 4.43. The largest absolute Gasteiger partial charge is 0.507 e. The highest BCUT2D eigenvalue weighted by molar-refractivity contribution is 6.17. The van der Waals surface area contributed by atoms with Crippen molar-refractivity contribution in [1.29, 1.82) is 0 Å². The molecule has 3 N–H and O–H groups in total. The summed E-state index contributed by atoms with van der Waals surface area (Å²) in [5.41, 5.74) is -0.112. The molecule has 1 amide bonds. The van der Waals surface area contributed by atoms with Crippen molar-refractivity contribution >= 4 is 17.5 Å². The SMILES string of the molecule is O=C(NCCCOCCCl)c1c(O)cccc1O. The van der Waals surface area contributed by atoms with E-state index in [0.29, 0.717) is 32.1 Å². The third-order valence-corrected chi connectivity index (χ3v) is 2.37. The Hall–Kier alpha value is -1.46. The molecule has 0 radical (unpaired) electrons. The summed E-state index contributed by atoms with van der Waals surface area (Å²) in [5, 5.41) is 21.5. The molecule has 0 heterocycles. The summed E-state index contributed by atoms with van der Waals surface area (Å²) in [4.78, 5) is 11.7. The van der Waals surface area contributed by atoms with Crippen LogP contribution in [-0.2, 0) is 4.74 Å². The fourth-order valence-corrected chi connectivity index (χ4v) is 1.49. The van der Waals surface area contributed by atoms with Crippen LogP contribution in [0.2, 0.25) is 0 Å². The van der Waals surface area contributed by atoms with Crippen LogP contribution >= 0.6 is 11.6 Å². The summed E-state index contributed by atoms with van der Waals surface area (Å²) in [6, 6.07) is 4.15. The van der Waals surface area contributed by atoms with Gasteiger partial charge in [0.1, 0.15) is 17.1 Å². The summed E-state index contributed by atoms with van der Waals surface area (Å²) >= 11 is 5.43. The molecule has 0 bridgehead atoms. The molecule has 0 aliphatic heterocycles. The first kappa shape index (κ1) is 14.6. The van der Waals surface area contributed by atoms with Gasteiger partial charge in [0.15, 0.2) is 0 Å². The second-order valence-electron chi connectivity index (χ2n) is 3.58. The lowest BCUT2D eigenvalue weighted by Gasteiger charge is -2.08. The standard InChI is InChI=1S/C12H16ClNO4/c13-5-8-18-7-2-6-14-12(17)11-9(15)3-1-4-10(11)16/h1,3-4,15-16H,2,5-8H2,(H,14,17). The Kier molecular flexibility index (Phi) is 6.32. The molecule has 0 fully saturated rings. The highest BCUT2D eigenvalue weighted by atomic mass is 35.5. The van der Waals surface area contributed by atoms with E-state index in [9.17, 15) is 15.0 Å². The third-order valence-electron chi connectivity index (χ3n) is 2.22. The zero-order chi connectivity index (χ0) is 13.4. The number of nitrogens with one attached hydrogen (secondary N) is 1. The number of ether oxygens (including phenoxy) is 1. The molecule has 0 saturated heterocycles. The van der Waals surface area contributed by atoms with Gasteiger partial charge < -0.3 is 20.3 Å². The Balaban J connectivity index is 2.37. The van der Waals surface area contributed by atoms with E-state index in [1.165, 1.54) is 18.2 Å². The molecule has 100 valence electrons. The normalized spacial score (nSPS) is 10.3. The summed E-state index contributed by atoms with van der Waals surface area (Å²) in [7, 11) is 0. The number of benzene rings is 1. The van der Waals surface area contributed by atoms with Crippen LogP contribution in [0.4, 0.5) is 0 Å². The maximum atomic E-state index is 11.7. The van der Waals surface area contributed by atoms with E-state index in [4.69, 9.17) is 16.3 Å². The van der Waals surface area contributed by atoms with Crippen molar-refractivity contribution in [3.8, 4) is 11.5 Å².